The lowest BCUT2D eigenvalue weighted by Gasteiger charge is -2.34. The molecule has 0 aliphatic heterocycles. The van der Waals surface area contributed by atoms with Gasteiger partial charge in [-0.25, -0.2) is 12.8 Å². The number of rotatable bonds is 5. The first-order valence-electron chi connectivity index (χ1n) is 6.09. The van der Waals surface area contributed by atoms with Crippen molar-refractivity contribution in [2.75, 3.05) is 12.8 Å². The Morgan fingerprint density at radius 1 is 1.45 bits per heavy atom. The Morgan fingerprint density at radius 3 is 2.45 bits per heavy atom. The molecule has 1 N–H and O–H groups in total. The summed E-state index contributed by atoms with van der Waals surface area (Å²) in [7, 11) is -3.40. The maximum atomic E-state index is 14.2. The zero-order valence-electron chi connectivity index (χ0n) is 11.8. The molecule has 0 aromatic heterocycles. The Bertz CT molecular complexity index is 605. The third-order valence-electron chi connectivity index (χ3n) is 3.41. The standard InChI is InChI=1S/C13H18BrClFNO2S/c1-5-17-12(13(2,3)20(4,18)19)8-6-10(15)9(14)7-11(8)16/h6-7,12,17H,5H2,1-4H3. The van der Waals surface area contributed by atoms with Crippen LogP contribution < -0.4 is 5.32 Å². The van der Waals surface area contributed by atoms with E-state index in [1.165, 1.54) is 12.1 Å². The summed E-state index contributed by atoms with van der Waals surface area (Å²) in [5.74, 6) is -0.496. The Morgan fingerprint density at radius 2 is 2.00 bits per heavy atom. The molecule has 1 rings (SSSR count). The first kappa shape index (κ1) is 17.9. The summed E-state index contributed by atoms with van der Waals surface area (Å²) in [4.78, 5) is 0. The summed E-state index contributed by atoms with van der Waals surface area (Å²) in [6, 6.07) is 2.02. The molecule has 0 amide bonds. The van der Waals surface area contributed by atoms with Gasteiger partial charge in [0.05, 0.1) is 15.8 Å². The quantitative estimate of drug-likeness (QED) is 0.785. The Kier molecular flexibility index (Phi) is 5.63. The van der Waals surface area contributed by atoms with E-state index in [9.17, 15) is 12.8 Å². The van der Waals surface area contributed by atoms with Crippen LogP contribution >= 0.6 is 27.5 Å². The summed E-state index contributed by atoms with van der Waals surface area (Å²) in [6.45, 7) is 5.50. The van der Waals surface area contributed by atoms with E-state index in [0.717, 1.165) is 6.26 Å². The van der Waals surface area contributed by atoms with Crippen LogP contribution in [-0.2, 0) is 9.84 Å². The summed E-state index contributed by atoms with van der Waals surface area (Å²) < 4.78 is 37.5. The van der Waals surface area contributed by atoms with Gasteiger partial charge < -0.3 is 5.32 Å². The minimum atomic E-state index is -3.40. The fourth-order valence-electron chi connectivity index (χ4n) is 1.91. The molecule has 0 heterocycles. The van der Waals surface area contributed by atoms with E-state index in [1.54, 1.807) is 13.8 Å². The predicted octanol–water partition coefficient (Wildman–Crippen LogP) is 3.72. The lowest BCUT2D eigenvalue weighted by molar-refractivity contribution is 0.414. The number of halogens is 3. The molecular formula is C13H18BrClFNO2S. The molecule has 1 aromatic carbocycles. The number of sulfone groups is 1. The average Bonchev–Trinajstić information content (AvgIpc) is 2.29. The van der Waals surface area contributed by atoms with Crippen molar-refractivity contribution in [3.63, 3.8) is 0 Å². The molecule has 0 saturated heterocycles. The molecule has 0 saturated carbocycles. The normalized spacial score (nSPS) is 14.3. The van der Waals surface area contributed by atoms with E-state index in [1.807, 2.05) is 6.92 Å². The zero-order valence-corrected chi connectivity index (χ0v) is 15.0. The van der Waals surface area contributed by atoms with E-state index in [-0.39, 0.29) is 5.56 Å². The topological polar surface area (TPSA) is 46.2 Å². The smallest absolute Gasteiger partial charge is 0.154 e. The fourth-order valence-corrected chi connectivity index (χ4v) is 3.03. The van der Waals surface area contributed by atoms with Gasteiger partial charge in [-0.15, -0.1) is 0 Å². The molecule has 0 aliphatic carbocycles. The number of hydrogen-bond donors (Lipinski definition) is 1. The van der Waals surface area contributed by atoms with Crippen molar-refractivity contribution in [2.24, 2.45) is 0 Å². The highest BCUT2D eigenvalue weighted by Crippen LogP contribution is 2.36. The molecule has 7 heteroatoms. The van der Waals surface area contributed by atoms with Crippen LogP contribution in [0.1, 0.15) is 32.4 Å². The molecule has 114 valence electrons. The highest BCUT2D eigenvalue weighted by Gasteiger charge is 2.40. The number of hydrogen-bond acceptors (Lipinski definition) is 3. The molecule has 0 radical (unpaired) electrons. The second kappa shape index (κ2) is 6.30. The Balaban J connectivity index is 3.46. The van der Waals surface area contributed by atoms with Crippen LogP contribution in [-0.4, -0.2) is 26.0 Å². The van der Waals surface area contributed by atoms with Crippen LogP contribution in [0.5, 0.6) is 0 Å². The maximum absolute atomic E-state index is 14.2. The summed E-state index contributed by atoms with van der Waals surface area (Å²) >= 11 is 9.15. The average molecular weight is 387 g/mol. The van der Waals surface area contributed by atoms with Crippen molar-refractivity contribution < 1.29 is 12.8 Å². The first-order valence-corrected chi connectivity index (χ1v) is 9.16. The van der Waals surface area contributed by atoms with Crippen LogP contribution in [0, 0.1) is 5.82 Å². The monoisotopic (exact) mass is 385 g/mol. The van der Waals surface area contributed by atoms with Gasteiger partial charge in [0.15, 0.2) is 9.84 Å². The molecule has 0 spiro atoms. The molecular weight excluding hydrogens is 369 g/mol. The van der Waals surface area contributed by atoms with Crippen LogP contribution in [0.25, 0.3) is 0 Å². The molecule has 1 atom stereocenters. The van der Waals surface area contributed by atoms with Gasteiger partial charge in [0.25, 0.3) is 0 Å². The van der Waals surface area contributed by atoms with Gasteiger partial charge in [-0.05, 0) is 48.5 Å². The first-order chi connectivity index (χ1) is 9.02. The van der Waals surface area contributed by atoms with Gasteiger partial charge in [-0.1, -0.05) is 18.5 Å². The van der Waals surface area contributed by atoms with Crippen molar-refractivity contribution >= 4 is 37.4 Å². The Hall–Kier alpha value is -0.170. The van der Waals surface area contributed by atoms with Crippen molar-refractivity contribution in [1.82, 2.24) is 5.32 Å². The van der Waals surface area contributed by atoms with E-state index >= 15 is 0 Å². The van der Waals surface area contributed by atoms with Crippen molar-refractivity contribution in [3.8, 4) is 0 Å². The van der Waals surface area contributed by atoms with Gasteiger partial charge in [-0.2, -0.15) is 0 Å². The second-order valence-corrected chi connectivity index (χ2v) is 9.01. The summed E-state index contributed by atoms with van der Waals surface area (Å²) in [6.07, 6.45) is 1.15. The summed E-state index contributed by atoms with van der Waals surface area (Å²) in [5.41, 5.74) is 0.246. The third kappa shape index (κ3) is 3.53. The largest absolute Gasteiger partial charge is 0.309 e. The molecule has 20 heavy (non-hydrogen) atoms. The number of benzene rings is 1. The van der Waals surface area contributed by atoms with Gasteiger partial charge in [0, 0.05) is 16.3 Å². The highest BCUT2D eigenvalue weighted by atomic mass is 79.9. The number of nitrogens with one attached hydrogen (secondary N) is 1. The maximum Gasteiger partial charge on any atom is 0.154 e. The summed E-state index contributed by atoms with van der Waals surface area (Å²) in [5, 5.41) is 3.38. The van der Waals surface area contributed by atoms with Crippen molar-refractivity contribution in [1.29, 1.82) is 0 Å². The minimum Gasteiger partial charge on any atom is -0.309 e. The van der Waals surface area contributed by atoms with Gasteiger partial charge in [0.2, 0.25) is 0 Å². The van der Waals surface area contributed by atoms with E-state index in [4.69, 9.17) is 11.6 Å². The van der Waals surface area contributed by atoms with Crippen LogP contribution in [0.15, 0.2) is 16.6 Å². The fraction of sp³-hybridized carbons (Fsp3) is 0.538. The van der Waals surface area contributed by atoms with E-state index in [2.05, 4.69) is 21.2 Å². The molecule has 0 bridgehead atoms. The molecule has 1 unspecified atom stereocenters. The van der Waals surface area contributed by atoms with Gasteiger partial charge >= 0.3 is 0 Å². The second-order valence-electron chi connectivity index (χ2n) is 5.15. The molecule has 3 nitrogen and oxygen atoms in total. The van der Waals surface area contributed by atoms with Crippen molar-refractivity contribution in [3.05, 3.63) is 33.0 Å². The van der Waals surface area contributed by atoms with Crippen LogP contribution in [0.3, 0.4) is 0 Å². The zero-order chi connectivity index (χ0) is 15.7. The Labute approximate surface area is 132 Å². The highest BCUT2D eigenvalue weighted by molar-refractivity contribution is 9.10. The predicted molar refractivity (Wildman–Crippen MR) is 84.5 cm³/mol. The van der Waals surface area contributed by atoms with E-state index in [0.29, 0.717) is 16.0 Å². The van der Waals surface area contributed by atoms with Gasteiger partial charge in [-0.3, -0.25) is 0 Å². The SMILES string of the molecule is CCNC(c1cc(Cl)c(Br)cc1F)C(C)(C)S(C)(=O)=O. The molecule has 0 fully saturated rings. The van der Waals surface area contributed by atoms with E-state index < -0.39 is 26.4 Å². The lowest BCUT2D eigenvalue weighted by atomic mass is 9.94. The van der Waals surface area contributed by atoms with Crippen molar-refractivity contribution in [2.45, 2.75) is 31.6 Å². The third-order valence-corrected chi connectivity index (χ3v) is 6.75. The van der Waals surface area contributed by atoms with Crippen LogP contribution in [0.4, 0.5) is 4.39 Å². The lowest BCUT2D eigenvalue weighted by Crippen LogP contribution is -2.45. The molecule has 1 aromatic rings. The van der Waals surface area contributed by atoms with Crippen LogP contribution in [0.2, 0.25) is 5.02 Å². The minimum absolute atomic E-state index is 0.246. The van der Waals surface area contributed by atoms with Gasteiger partial charge in [0.1, 0.15) is 5.82 Å². The molecule has 0 aliphatic rings.